The van der Waals surface area contributed by atoms with E-state index in [9.17, 15) is 13.6 Å². The van der Waals surface area contributed by atoms with Gasteiger partial charge in [0, 0.05) is 12.6 Å². The lowest BCUT2D eigenvalue weighted by atomic mass is 10.0. The first-order valence-corrected chi connectivity index (χ1v) is 9.90. The Labute approximate surface area is 165 Å². The smallest absolute Gasteiger partial charge is 0.410 e. The molecule has 3 unspecified atom stereocenters. The fraction of sp³-hybridized carbons (Fsp3) is 0.591. The summed E-state index contributed by atoms with van der Waals surface area (Å²) in [6.07, 6.45) is 2.54. The molecule has 0 bridgehead atoms. The number of carbonyl (C=O) groups is 1. The summed E-state index contributed by atoms with van der Waals surface area (Å²) in [5.41, 5.74) is 1.64. The largest absolute Gasteiger partial charge is 0.444 e. The first-order chi connectivity index (χ1) is 13.0. The maximum Gasteiger partial charge on any atom is 0.410 e. The molecule has 4 nitrogen and oxygen atoms in total. The zero-order valence-electron chi connectivity index (χ0n) is 17.0. The molecule has 6 heteroatoms. The number of piperidine rings is 1. The lowest BCUT2D eigenvalue weighted by Crippen LogP contribution is -2.59. The van der Waals surface area contributed by atoms with Crippen LogP contribution in [0.25, 0.3) is 6.08 Å². The Morgan fingerprint density at radius 2 is 1.96 bits per heavy atom. The van der Waals surface area contributed by atoms with Crippen LogP contribution < -0.4 is 5.32 Å². The molecule has 1 aromatic carbocycles. The Morgan fingerprint density at radius 3 is 2.57 bits per heavy atom. The Bertz CT molecular complexity index is 728. The van der Waals surface area contributed by atoms with Gasteiger partial charge in [0.1, 0.15) is 5.60 Å². The van der Waals surface area contributed by atoms with Gasteiger partial charge < -0.3 is 15.0 Å². The topological polar surface area (TPSA) is 41.6 Å². The Balaban J connectivity index is 1.54. The third kappa shape index (κ3) is 5.31. The number of halogens is 2. The summed E-state index contributed by atoms with van der Waals surface area (Å²) in [6.45, 7) is 6.93. The van der Waals surface area contributed by atoms with Crippen LogP contribution in [0.3, 0.4) is 0 Å². The van der Waals surface area contributed by atoms with E-state index in [1.807, 2.05) is 30.3 Å². The van der Waals surface area contributed by atoms with Gasteiger partial charge in [0.15, 0.2) is 0 Å². The lowest BCUT2D eigenvalue weighted by Gasteiger charge is -2.39. The van der Waals surface area contributed by atoms with Crippen LogP contribution in [-0.4, -0.2) is 47.7 Å². The highest BCUT2D eigenvalue weighted by atomic mass is 19.3. The summed E-state index contributed by atoms with van der Waals surface area (Å²) in [4.78, 5) is 13.2. The molecule has 0 radical (unpaired) electrons. The van der Waals surface area contributed by atoms with Crippen LogP contribution in [0.2, 0.25) is 0 Å². The number of alkyl halides is 2. The van der Waals surface area contributed by atoms with Gasteiger partial charge in [-0.1, -0.05) is 42.0 Å². The van der Waals surface area contributed by atoms with Crippen molar-refractivity contribution in [3.63, 3.8) is 0 Å². The minimum Gasteiger partial charge on any atom is -0.444 e. The first kappa shape index (κ1) is 20.8. The van der Waals surface area contributed by atoms with Crippen LogP contribution in [0.1, 0.15) is 46.1 Å². The highest BCUT2D eigenvalue weighted by Crippen LogP contribution is 2.40. The maximum atomic E-state index is 14.6. The summed E-state index contributed by atoms with van der Waals surface area (Å²) in [6, 6.07) is 9.18. The molecule has 0 aromatic heterocycles. The normalized spacial score (nSPS) is 27.4. The van der Waals surface area contributed by atoms with Crippen molar-refractivity contribution in [2.75, 3.05) is 13.1 Å². The number of carbonyl (C=O) groups excluding carboxylic acids is 1. The van der Waals surface area contributed by atoms with Crippen LogP contribution in [0.5, 0.6) is 0 Å². The molecule has 1 amide bonds. The SMILES string of the molecule is C/C(=C\c1ccccc1)C1CC1NC1CCN(C(=O)OC(C)(C)C)CC1(F)F. The number of ether oxygens (including phenoxy) is 1. The number of nitrogens with one attached hydrogen (secondary N) is 1. The molecule has 1 aromatic rings. The second-order valence-corrected chi connectivity index (χ2v) is 8.92. The van der Waals surface area contributed by atoms with Gasteiger partial charge in [0.2, 0.25) is 0 Å². The van der Waals surface area contributed by atoms with Crippen LogP contribution in [0, 0.1) is 5.92 Å². The minimum absolute atomic E-state index is 0.0731. The van der Waals surface area contributed by atoms with Gasteiger partial charge in [-0.3, -0.25) is 0 Å². The third-order valence-electron chi connectivity index (χ3n) is 5.24. The van der Waals surface area contributed by atoms with Crippen LogP contribution in [0.15, 0.2) is 35.9 Å². The van der Waals surface area contributed by atoms with Crippen molar-refractivity contribution in [1.29, 1.82) is 0 Å². The van der Waals surface area contributed by atoms with Gasteiger partial charge in [0.25, 0.3) is 5.92 Å². The Kier molecular flexibility index (Phi) is 5.80. The van der Waals surface area contributed by atoms with Crippen molar-refractivity contribution in [2.45, 2.75) is 64.1 Å². The molecule has 3 rings (SSSR count). The molecule has 154 valence electrons. The number of benzene rings is 1. The second-order valence-electron chi connectivity index (χ2n) is 8.92. The van der Waals surface area contributed by atoms with Gasteiger partial charge in [-0.2, -0.15) is 0 Å². The molecule has 1 saturated heterocycles. The summed E-state index contributed by atoms with van der Waals surface area (Å²) in [7, 11) is 0. The van der Waals surface area contributed by atoms with Crippen molar-refractivity contribution in [1.82, 2.24) is 10.2 Å². The van der Waals surface area contributed by atoms with Gasteiger partial charge in [-0.25, -0.2) is 13.6 Å². The maximum absolute atomic E-state index is 14.6. The monoisotopic (exact) mass is 392 g/mol. The fourth-order valence-corrected chi connectivity index (χ4v) is 3.69. The molecule has 2 fully saturated rings. The van der Waals surface area contributed by atoms with Crippen molar-refractivity contribution < 1.29 is 18.3 Å². The van der Waals surface area contributed by atoms with Crippen LogP contribution >= 0.6 is 0 Å². The van der Waals surface area contributed by atoms with Crippen molar-refractivity contribution >= 4 is 12.2 Å². The summed E-state index contributed by atoms with van der Waals surface area (Å²) in [5.74, 6) is -2.68. The molecule has 0 spiro atoms. The molecular formula is C22H30F2N2O2. The van der Waals surface area contributed by atoms with E-state index >= 15 is 0 Å². The summed E-state index contributed by atoms with van der Waals surface area (Å²) >= 11 is 0. The van der Waals surface area contributed by atoms with Gasteiger partial charge in [-0.15, -0.1) is 0 Å². The predicted molar refractivity (Wildman–Crippen MR) is 106 cm³/mol. The number of nitrogens with zero attached hydrogens (tertiary/aromatic N) is 1. The number of hydrogen-bond donors (Lipinski definition) is 1. The van der Waals surface area contributed by atoms with Gasteiger partial charge >= 0.3 is 6.09 Å². The van der Waals surface area contributed by atoms with E-state index in [0.29, 0.717) is 5.92 Å². The van der Waals surface area contributed by atoms with Gasteiger partial charge in [0.05, 0.1) is 12.6 Å². The van der Waals surface area contributed by atoms with E-state index in [1.54, 1.807) is 20.8 Å². The number of rotatable bonds is 4. The average molecular weight is 392 g/mol. The standard InChI is InChI=1S/C22H30F2N2O2/c1-15(12-16-8-6-5-7-9-16)17-13-18(17)25-19-10-11-26(14-22(19,23)24)20(27)28-21(2,3)4/h5-9,12,17-19,25H,10-11,13-14H2,1-4H3/b15-12+. The molecule has 1 aliphatic heterocycles. The lowest BCUT2D eigenvalue weighted by molar-refractivity contribution is -0.0919. The average Bonchev–Trinajstić information content (AvgIpc) is 3.35. The van der Waals surface area contributed by atoms with E-state index in [1.165, 1.54) is 5.57 Å². The Hall–Kier alpha value is -1.95. The minimum atomic E-state index is -2.97. The molecule has 28 heavy (non-hydrogen) atoms. The van der Waals surface area contributed by atoms with E-state index in [4.69, 9.17) is 4.74 Å². The van der Waals surface area contributed by atoms with Crippen molar-refractivity contribution in [3.8, 4) is 0 Å². The highest BCUT2D eigenvalue weighted by molar-refractivity contribution is 5.68. The molecule has 1 saturated carbocycles. The molecule has 2 aliphatic rings. The number of amides is 1. The third-order valence-corrected chi connectivity index (χ3v) is 5.24. The van der Waals surface area contributed by atoms with Crippen molar-refractivity contribution in [3.05, 3.63) is 41.5 Å². The second kappa shape index (κ2) is 7.82. The summed E-state index contributed by atoms with van der Waals surface area (Å²) < 4.78 is 34.5. The van der Waals surface area contributed by atoms with Crippen LogP contribution in [-0.2, 0) is 4.74 Å². The highest BCUT2D eigenvalue weighted by Gasteiger charge is 2.50. The number of hydrogen-bond acceptors (Lipinski definition) is 3. The van der Waals surface area contributed by atoms with E-state index < -0.39 is 30.2 Å². The van der Waals surface area contributed by atoms with E-state index in [0.717, 1.165) is 16.9 Å². The first-order valence-electron chi connectivity index (χ1n) is 9.90. The zero-order valence-corrected chi connectivity index (χ0v) is 17.0. The molecule has 1 aliphatic carbocycles. The molecule has 1 heterocycles. The van der Waals surface area contributed by atoms with Crippen molar-refractivity contribution in [2.24, 2.45) is 5.92 Å². The van der Waals surface area contributed by atoms with Gasteiger partial charge in [-0.05, 0) is 52.0 Å². The molecular weight excluding hydrogens is 362 g/mol. The van der Waals surface area contributed by atoms with E-state index in [2.05, 4.69) is 18.3 Å². The quantitative estimate of drug-likeness (QED) is 0.807. The summed E-state index contributed by atoms with van der Waals surface area (Å²) in [5, 5.41) is 3.14. The fourth-order valence-electron chi connectivity index (χ4n) is 3.69. The predicted octanol–water partition coefficient (Wildman–Crippen LogP) is 4.71. The number of likely N-dealkylation sites (tertiary alicyclic amines) is 1. The van der Waals surface area contributed by atoms with E-state index in [-0.39, 0.29) is 19.0 Å². The Morgan fingerprint density at radius 1 is 1.29 bits per heavy atom. The molecule has 3 atom stereocenters. The van der Waals surface area contributed by atoms with Crippen LogP contribution in [0.4, 0.5) is 13.6 Å². The molecule has 1 N–H and O–H groups in total. The zero-order chi connectivity index (χ0) is 20.5.